The zero-order valence-electron chi connectivity index (χ0n) is 11.4. The molecule has 0 atom stereocenters. The molecule has 0 aliphatic carbocycles. The lowest BCUT2D eigenvalue weighted by Gasteiger charge is -2.06. The largest absolute Gasteiger partial charge is 0.383 e. The Morgan fingerprint density at radius 2 is 1.90 bits per heavy atom. The van der Waals surface area contributed by atoms with Crippen LogP contribution in [0.25, 0.3) is 5.69 Å². The summed E-state index contributed by atoms with van der Waals surface area (Å²) >= 11 is 0. The van der Waals surface area contributed by atoms with Crippen LogP contribution in [0, 0.1) is 0 Å². The maximum atomic E-state index is 12.0. The fraction of sp³-hybridized carbons (Fsp3) is 0.133. The van der Waals surface area contributed by atoms with Gasteiger partial charge in [-0.25, -0.2) is 4.68 Å². The Morgan fingerprint density at radius 1 is 1.20 bits per heavy atom. The van der Waals surface area contributed by atoms with Crippen molar-refractivity contribution in [2.75, 3.05) is 14.1 Å². The number of aromatic nitrogens is 2. The van der Waals surface area contributed by atoms with Crippen LogP contribution >= 0.6 is 0 Å². The highest BCUT2D eigenvalue weighted by Gasteiger charge is 2.10. The van der Waals surface area contributed by atoms with E-state index in [1.165, 1.54) is 16.8 Å². The van der Waals surface area contributed by atoms with Gasteiger partial charge in [-0.05, 0) is 12.1 Å². The molecule has 102 valence electrons. The summed E-state index contributed by atoms with van der Waals surface area (Å²) in [5.74, 6) is -0.408. The number of nitrogens with zero attached hydrogens (tertiary/aromatic N) is 3. The van der Waals surface area contributed by atoms with Gasteiger partial charge in [-0.3, -0.25) is 9.59 Å². The van der Waals surface area contributed by atoms with E-state index < -0.39 is 5.78 Å². The van der Waals surface area contributed by atoms with Crippen LogP contribution in [0.5, 0.6) is 0 Å². The Bertz CT molecular complexity index is 688. The van der Waals surface area contributed by atoms with Gasteiger partial charge in [0.2, 0.25) is 11.2 Å². The third kappa shape index (κ3) is 3.20. The van der Waals surface area contributed by atoms with E-state index in [0.29, 0.717) is 0 Å². The Kier molecular flexibility index (Phi) is 4.10. The molecule has 0 N–H and O–H groups in total. The number of benzene rings is 1. The minimum Gasteiger partial charge on any atom is -0.383 e. The van der Waals surface area contributed by atoms with Crippen molar-refractivity contribution in [3.05, 3.63) is 70.8 Å². The number of hydrogen-bond acceptors (Lipinski definition) is 4. The number of ketones is 1. The summed E-state index contributed by atoms with van der Waals surface area (Å²) in [7, 11) is 3.59. The SMILES string of the molecule is CN(C)/C=C/C(=O)c1nn(-c2ccccc2)ccc1=O. The molecule has 2 aromatic rings. The average Bonchev–Trinajstić information content (AvgIpc) is 2.46. The third-order valence-electron chi connectivity index (χ3n) is 2.59. The monoisotopic (exact) mass is 269 g/mol. The van der Waals surface area contributed by atoms with Gasteiger partial charge in [0.15, 0.2) is 5.69 Å². The maximum Gasteiger partial charge on any atom is 0.211 e. The highest BCUT2D eigenvalue weighted by Crippen LogP contribution is 2.04. The molecule has 0 saturated carbocycles. The molecular weight excluding hydrogens is 254 g/mol. The summed E-state index contributed by atoms with van der Waals surface area (Å²) < 4.78 is 1.51. The van der Waals surface area contributed by atoms with Crippen molar-refractivity contribution >= 4 is 5.78 Å². The van der Waals surface area contributed by atoms with Gasteiger partial charge in [0.1, 0.15) is 0 Å². The van der Waals surface area contributed by atoms with Gasteiger partial charge in [0.05, 0.1) is 5.69 Å². The number of carbonyl (C=O) groups excluding carboxylic acids is 1. The molecule has 5 nitrogen and oxygen atoms in total. The Labute approximate surface area is 116 Å². The molecule has 0 bridgehead atoms. The average molecular weight is 269 g/mol. The van der Waals surface area contributed by atoms with E-state index in [2.05, 4.69) is 5.10 Å². The molecule has 0 fully saturated rings. The molecule has 1 aromatic carbocycles. The number of hydrogen-bond donors (Lipinski definition) is 0. The maximum absolute atomic E-state index is 12.0. The molecule has 5 heteroatoms. The van der Waals surface area contributed by atoms with Crippen molar-refractivity contribution in [3.8, 4) is 5.69 Å². The molecule has 2 rings (SSSR count). The van der Waals surface area contributed by atoms with E-state index in [4.69, 9.17) is 0 Å². The quantitative estimate of drug-likeness (QED) is 0.623. The second-order valence-electron chi connectivity index (χ2n) is 4.45. The van der Waals surface area contributed by atoms with E-state index in [9.17, 15) is 9.59 Å². The van der Waals surface area contributed by atoms with Crippen molar-refractivity contribution in [1.29, 1.82) is 0 Å². The third-order valence-corrected chi connectivity index (χ3v) is 2.59. The van der Waals surface area contributed by atoms with Crippen LogP contribution in [0.2, 0.25) is 0 Å². The predicted molar refractivity (Wildman–Crippen MR) is 77.0 cm³/mol. The number of allylic oxidation sites excluding steroid dienone is 1. The molecule has 0 aliphatic rings. The molecule has 0 spiro atoms. The summed E-state index contributed by atoms with van der Waals surface area (Å²) in [6.45, 7) is 0. The lowest BCUT2D eigenvalue weighted by Crippen LogP contribution is -2.20. The number of rotatable bonds is 4. The zero-order valence-corrected chi connectivity index (χ0v) is 11.4. The van der Waals surface area contributed by atoms with Crippen LogP contribution in [0.1, 0.15) is 10.5 Å². The molecule has 0 radical (unpaired) electrons. The van der Waals surface area contributed by atoms with Crippen LogP contribution < -0.4 is 5.43 Å². The van der Waals surface area contributed by atoms with Gasteiger partial charge in [0.25, 0.3) is 0 Å². The number of carbonyl (C=O) groups is 1. The summed E-state index contributed by atoms with van der Waals surface area (Å²) in [6.07, 6.45) is 4.46. The van der Waals surface area contributed by atoms with E-state index in [0.717, 1.165) is 5.69 Å². The normalized spacial score (nSPS) is 10.7. The van der Waals surface area contributed by atoms with Crippen molar-refractivity contribution in [1.82, 2.24) is 14.7 Å². The minimum absolute atomic E-state index is 0.0885. The molecule has 0 unspecified atom stereocenters. The van der Waals surface area contributed by atoms with Crippen molar-refractivity contribution in [2.45, 2.75) is 0 Å². The van der Waals surface area contributed by atoms with E-state index >= 15 is 0 Å². The molecule has 0 saturated heterocycles. The van der Waals surface area contributed by atoms with E-state index in [1.54, 1.807) is 31.4 Å². The molecular formula is C15H15N3O2. The second kappa shape index (κ2) is 5.97. The van der Waals surface area contributed by atoms with Crippen molar-refractivity contribution < 1.29 is 4.79 Å². The standard InChI is InChI=1S/C15H15N3O2/c1-17(2)10-8-13(19)15-14(20)9-11-18(16-15)12-6-4-3-5-7-12/h3-11H,1-2H3/b10-8+. The fourth-order valence-corrected chi connectivity index (χ4v) is 1.60. The number of para-hydroxylation sites is 1. The van der Waals surface area contributed by atoms with Gasteiger partial charge < -0.3 is 4.90 Å². The summed E-state index contributed by atoms with van der Waals surface area (Å²) in [4.78, 5) is 25.4. The van der Waals surface area contributed by atoms with Gasteiger partial charge in [-0.1, -0.05) is 18.2 Å². The molecule has 20 heavy (non-hydrogen) atoms. The smallest absolute Gasteiger partial charge is 0.211 e. The highest BCUT2D eigenvalue weighted by molar-refractivity contribution is 6.02. The Balaban J connectivity index is 2.40. The summed E-state index contributed by atoms with van der Waals surface area (Å²) in [6, 6.07) is 10.7. The lowest BCUT2D eigenvalue weighted by molar-refractivity contribution is 0.103. The van der Waals surface area contributed by atoms with Crippen molar-refractivity contribution in [2.24, 2.45) is 0 Å². The molecule has 0 amide bonds. The highest BCUT2D eigenvalue weighted by atomic mass is 16.1. The van der Waals surface area contributed by atoms with Gasteiger partial charge >= 0.3 is 0 Å². The van der Waals surface area contributed by atoms with Crippen LogP contribution in [-0.2, 0) is 0 Å². The zero-order chi connectivity index (χ0) is 14.5. The Hall–Kier alpha value is -2.69. The molecule has 1 aromatic heterocycles. The van der Waals surface area contributed by atoms with Crippen LogP contribution in [-0.4, -0.2) is 34.6 Å². The first-order chi connectivity index (χ1) is 9.58. The van der Waals surface area contributed by atoms with Gasteiger partial charge in [0, 0.05) is 38.6 Å². The summed E-state index contributed by atoms with van der Waals surface area (Å²) in [5.41, 5.74) is 0.318. The lowest BCUT2D eigenvalue weighted by atomic mass is 10.2. The van der Waals surface area contributed by atoms with Crippen LogP contribution in [0.3, 0.4) is 0 Å². The first-order valence-corrected chi connectivity index (χ1v) is 6.12. The van der Waals surface area contributed by atoms with E-state index in [1.807, 2.05) is 30.3 Å². The Morgan fingerprint density at radius 3 is 2.55 bits per heavy atom. The first kappa shape index (κ1) is 13.7. The van der Waals surface area contributed by atoms with Crippen LogP contribution in [0.15, 0.2) is 59.7 Å². The predicted octanol–water partition coefficient (Wildman–Crippen LogP) is 1.49. The van der Waals surface area contributed by atoms with Crippen LogP contribution in [0.4, 0.5) is 0 Å². The topological polar surface area (TPSA) is 55.2 Å². The molecule has 1 heterocycles. The second-order valence-corrected chi connectivity index (χ2v) is 4.45. The molecule has 0 aliphatic heterocycles. The fourth-order valence-electron chi connectivity index (χ4n) is 1.60. The first-order valence-electron chi connectivity index (χ1n) is 6.12. The van der Waals surface area contributed by atoms with Crippen molar-refractivity contribution in [3.63, 3.8) is 0 Å². The van der Waals surface area contributed by atoms with Gasteiger partial charge in [-0.15, -0.1) is 0 Å². The summed E-state index contributed by atoms with van der Waals surface area (Å²) in [5, 5.41) is 4.11. The minimum atomic E-state index is -0.408. The van der Waals surface area contributed by atoms with Gasteiger partial charge in [-0.2, -0.15) is 5.10 Å². The van der Waals surface area contributed by atoms with E-state index in [-0.39, 0.29) is 11.1 Å².